The molecular weight excluding hydrogens is 587 g/mol. The number of nitrogens with zero attached hydrogens (tertiary/aromatic N) is 1. The molecule has 1 aliphatic rings. The molecule has 1 heterocycles. The van der Waals surface area contributed by atoms with Crippen molar-refractivity contribution in [3.8, 4) is 5.75 Å². The summed E-state index contributed by atoms with van der Waals surface area (Å²) in [4.78, 5) is 12.7. The lowest BCUT2D eigenvalue weighted by Crippen LogP contribution is -2.43. The standard InChI is InChI=1S/C29H36N4O5S.2ClH/c1-3-27(29(34)37-4-2)39(35,36)33(24-9-11-25(12-10-24)38-26-13-15-32-16-14-26)19-20-5-6-21-7-8-22(28(30)31)18-23(21)17-20;;/h5-12,17-18,26-27,32H,3-4,13-16,19H2,1-2H3,(H3,30,31);2*1H. The van der Waals surface area contributed by atoms with Crippen molar-refractivity contribution in [2.45, 2.75) is 51.0 Å². The average Bonchev–Trinajstić information content (AvgIpc) is 2.92. The van der Waals surface area contributed by atoms with Gasteiger partial charge in [0.1, 0.15) is 17.7 Å². The van der Waals surface area contributed by atoms with Gasteiger partial charge in [0.25, 0.3) is 0 Å². The van der Waals surface area contributed by atoms with Gasteiger partial charge in [0.15, 0.2) is 5.25 Å². The summed E-state index contributed by atoms with van der Waals surface area (Å²) in [7, 11) is -4.15. The Balaban J connectivity index is 0.00000294. The van der Waals surface area contributed by atoms with E-state index in [-0.39, 0.29) is 56.3 Å². The minimum absolute atomic E-state index is 0. The first-order chi connectivity index (χ1) is 18.7. The number of piperidine rings is 1. The van der Waals surface area contributed by atoms with E-state index >= 15 is 0 Å². The molecule has 1 fully saturated rings. The fraction of sp³-hybridized carbons (Fsp3) is 0.379. The van der Waals surface area contributed by atoms with Crippen LogP contribution < -0.4 is 20.1 Å². The monoisotopic (exact) mass is 624 g/mol. The maximum Gasteiger partial charge on any atom is 0.326 e. The van der Waals surface area contributed by atoms with Crippen LogP contribution in [0.3, 0.4) is 0 Å². The molecule has 0 radical (unpaired) electrons. The van der Waals surface area contributed by atoms with Crippen molar-refractivity contribution in [3.05, 3.63) is 71.8 Å². The van der Waals surface area contributed by atoms with Crippen LogP contribution in [0.5, 0.6) is 5.75 Å². The van der Waals surface area contributed by atoms with E-state index in [0.29, 0.717) is 17.0 Å². The van der Waals surface area contributed by atoms with Crippen molar-refractivity contribution >= 4 is 63.1 Å². The summed E-state index contributed by atoms with van der Waals surface area (Å²) >= 11 is 0. The minimum Gasteiger partial charge on any atom is -0.490 e. The summed E-state index contributed by atoms with van der Waals surface area (Å²) in [5.41, 5.74) is 7.40. The van der Waals surface area contributed by atoms with E-state index in [2.05, 4.69) is 5.32 Å². The minimum atomic E-state index is -4.15. The maximum absolute atomic E-state index is 13.9. The molecule has 0 aromatic heterocycles. The Morgan fingerprint density at radius 3 is 2.29 bits per heavy atom. The second-order valence-electron chi connectivity index (χ2n) is 9.57. The predicted molar refractivity (Wildman–Crippen MR) is 168 cm³/mol. The summed E-state index contributed by atoms with van der Waals surface area (Å²) in [6, 6.07) is 18.1. The summed E-state index contributed by atoms with van der Waals surface area (Å²) in [6.45, 7) is 5.22. The Morgan fingerprint density at radius 1 is 1.02 bits per heavy atom. The largest absolute Gasteiger partial charge is 0.490 e. The highest BCUT2D eigenvalue weighted by Crippen LogP contribution is 2.29. The third-order valence-corrected chi connectivity index (χ3v) is 9.04. The number of carbonyl (C=O) groups is 1. The lowest BCUT2D eigenvalue weighted by molar-refractivity contribution is -0.142. The van der Waals surface area contributed by atoms with Crippen LogP contribution in [0, 0.1) is 5.41 Å². The molecule has 1 saturated heterocycles. The van der Waals surface area contributed by atoms with Gasteiger partial charge in [-0.25, -0.2) is 8.42 Å². The highest BCUT2D eigenvalue weighted by molar-refractivity contribution is 7.94. The van der Waals surface area contributed by atoms with Crippen LogP contribution >= 0.6 is 24.8 Å². The third kappa shape index (κ3) is 8.25. The predicted octanol–water partition coefficient (Wildman–Crippen LogP) is 4.78. The van der Waals surface area contributed by atoms with Crippen LogP contribution in [0.4, 0.5) is 5.69 Å². The van der Waals surface area contributed by atoms with Gasteiger partial charge in [-0.2, -0.15) is 0 Å². The molecule has 224 valence electrons. The van der Waals surface area contributed by atoms with Crippen molar-refractivity contribution < 1.29 is 22.7 Å². The maximum atomic E-state index is 13.9. The van der Waals surface area contributed by atoms with E-state index in [1.165, 1.54) is 4.31 Å². The molecule has 0 saturated carbocycles. The van der Waals surface area contributed by atoms with E-state index in [9.17, 15) is 13.2 Å². The summed E-state index contributed by atoms with van der Waals surface area (Å²) in [5, 5.41) is 11.5. The Morgan fingerprint density at radius 2 is 1.68 bits per heavy atom. The summed E-state index contributed by atoms with van der Waals surface area (Å²) in [5.74, 6) is -0.137. The van der Waals surface area contributed by atoms with E-state index in [1.807, 2.05) is 24.3 Å². The van der Waals surface area contributed by atoms with Crippen molar-refractivity contribution in [1.29, 1.82) is 5.41 Å². The molecule has 9 nitrogen and oxygen atoms in total. The SMILES string of the molecule is CCOC(=O)C(CC)S(=O)(=O)N(Cc1ccc2ccc(C(=N)N)cc2c1)c1ccc(OC2CCNCC2)cc1.Cl.Cl. The number of nitrogens with two attached hydrogens (primary N) is 1. The Kier molecular flexibility index (Phi) is 12.7. The van der Waals surface area contributed by atoms with Crippen molar-refractivity contribution in [2.75, 3.05) is 24.0 Å². The van der Waals surface area contributed by atoms with E-state index in [1.54, 1.807) is 50.2 Å². The number of rotatable bonds is 11. The Bertz CT molecular complexity index is 1430. The molecule has 3 aromatic carbocycles. The van der Waals surface area contributed by atoms with Gasteiger partial charge in [0.2, 0.25) is 10.0 Å². The molecule has 0 spiro atoms. The molecule has 1 unspecified atom stereocenters. The molecule has 0 bridgehead atoms. The number of sulfonamides is 1. The normalized spacial score (nSPS) is 14.3. The number of nitrogens with one attached hydrogen (secondary N) is 2. The van der Waals surface area contributed by atoms with Crippen LogP contribution in [-0.4, -0.2) is 51.3 Å². The molecule has 1 atom stereocenters. The lowest BCUT2D eigenvalue weighted by atomic mass is 10.0. The smallest absolute Gasteiger partial charge is 0.326 e. The van der Waals surface area contributed by atoms with Crippen LogP contribution in [-0.2, 0) is 26.1 Å². The van der Waals surface area contributed by atoms with Gasteiger partial charge in [-0.3, -0.25) is 14.5 Å². The molecule has 12 heteroatoms. The topological polar surface area (TPSA) is 135 Å². The highest BCUT2D eigenvalue weighted by Gasteiger charge is 2.38. The van der Waals surface area contributed by atoms with E-state index < -0.39 is 21.2 Å². The van der Waals surface area contributed by atoms with Crippen LogP contribution in [0.1, 0.15) is 44.2 Å². The fourth-order valence-electron chi connectivity index (χ4n) is 4.74. The second kappa shape index (κ2) is 15.3. The van der Waals surface area contributed by atoms with Crippen LogP contribution in [0.15, 0.2) is 60.7 Å². The fourth-order valence-corrected chi connectivity index (χ4v) is 6.52. The van der Waals surface area contributed by atoms with Crippen LogP contribution in [0.25, 0.3) is 10.8 Å². The molecule has 1 aliphatic heterocycles. The quantitative estimate of drug-likeness (QED) is 0.159. The number of carbonyl (C=O) groups excluding carboxylic acids is 1. The third-order valence-electron chi connectivity index (χ3n) is 6.84. The van der Waals surface area contributed by atoms with E-state index in [4.69, 9.17) is 20.6 Å². The van der Waals surface area contributed by atoms with Crippen LogP contribution in [0.2, 0.25) is 0 Å². The number of hydrogen-bond acceptors (Lipinski definition) is 7. The van der Waals surface area contributed by atoms with Gasteiger partial charge in [0.05, 0.1) is 18.8 Å². The number of nitrogen functional groups attached to an aromatic ring is 1. The van der Waals surface area contributed by atoms with Gasteiger partial charge in [0, 0.05) is 5.56 Å². The summed E-state index contributed by atoms with van der Waals surface area (Å²) < 4.78 is 40.3. The first-order valence-electron chi connectivity index (χ1n) is 13.3. The number of hydrogen-bond donors (Lipinski definition) is 3. The molecule has 4 rings (SSSR count). The zero-order valence-electron chi connectivity index (χ0n) is 23.2. The first kappa shape index (κ1) is 34.2. The number of esters is 1. The number of anilines is 1. The zero-order chi connectivity index (χ0) is 28.0. The molecular formula is C29H38Cl2N4O5S. The average molecular weight is 626 g/mol. The molecule has 4 N–H and O–H groups in total. The number of fused-ring (bicyclic) bond motifs is 1. The van der Waals surface area contributed by atoms with Gasteiger partial charge in [-0.15, -0.1) is 24.8 Å². The lowest BCUT2D eigenvalue weighted by Gasteiger charge is -2.29. The first-order valence-corrected chi connectivity index (χ1v) is 14.8. The number of halogens is 2. The number of ether oxygens (including phenoxy) is 2. The van der Waals surface area contributed by atoms with Gasteiger partial charge in [-0.05, 0) is 92.0 Å². The summed E-state index contributed by atoms with van der Waals surface area (Å²) in [6.07, 6.45) is 2.01. The molecule has 3 aromatic rings. The van der Waals surface area contributed by atoms with Gasteiger partial charge >= 0.3 is 5.97 Å². The van der Waals surface area contributed by atoms with Crippen molar-refractivity contribution in [3.63, 3.8) is 0 Å². The molecule has 0 aliphatic carbocycles. The van der Waals surface area contributed by atoms with Gasteiger partial charge < -0.3 is 20.5 Å². The highest BCUT2D eigenvalue weighted by atomic mass is 35.5. The van der Waals surface area contributed by atoms with E-state index in [0.717, 1.165) is 42.3 Å². The van der Waals surface area contributed by atoms with Gasteiger partial charge in [-0.1, -0.05) is 31.2 Å². The molecule has 41 heavy (non-hydrogen) atoms. The number of amidine groups is 1. The van der Waals surface area contributed by atoms with Crippen molar-refractivity contribution in [2.24, 2.45) is 5.73 Å². The number of benzene rings is 3. The second-order valence-corrected chi connectivity index (χ2v) is 11.6. The zero-order valence-corrected chi connectivity index (χ0v) is 25.6. The Hall–Kier alpha value is -3.05. The van der Waals surface area contributed by atoms with Crippen molar-refractivity contribution in [1.82, 2.24) is 5.32 Å². The Labute approximate surface area is 254 Å². The molecule has 0 amide bonds.